The molecule has 1 fully saturated rings. The molecule has 0 aromatic rings. The van der Waals surface area contributed by atoms with Gasteiger partial charge in [0.15, 0.2) is 0 Å². The van der Waals surface area contributed by atoms with E-state index in [1.807, 2.05) is 13.8 Å². The van der Waals surface area contributed by atoms with Crippen molar-refractivity contribution in [3.63, 3.8) is 0 Å². The van der Waals surface area contributed by atoms with E-state index in [0.717, 1.165) is 12.8 Å². The minimum Gasteiger partial charge on any atom is -0.355 e. The fraction of sp³-hybridized carbons (Fsp3) is 0.833. The molecule has 0 saturated heterocycles. The monoisotopic (exact) mass is 241 g/mol. The Bertz CT molecular complexity index is 283. The number of hydrogen-bond acceptors (Lipinski definition) is 3. The van der Waals surface area contributed by atoms with E-state index in [1.54, 1.807) is 0 Å². The van der Waals surface area contributed by atoms with Gasteiger partial charge >= 0.3 is 0 Å². The topological polar surface area (TPSA) is 84.2 Å². The van der Waals surface area contributed by atoms with E-state index in [1.165, 1.54) is 0 Å². The van der Waals surface area contributed by atoms with Crippen LogP contribution in [0.5, 0.6) is 0 Å². The maximum atomic E-state index is 11.8. The Morgan fingerprint density at radius 2 is 2.06 bits per heavy atom. The number of carbonyl (C=O) groups excluding carboxylic acids is 2. The molecule has 4 N–H and O–H groups in total. The minimum absolute atomic E-state index is 0.0127. The van der Waals surface area contributed by atoms with E-state index in [9.17, 15) is 9.59 Å². The van der Waals surface area contributed by atoms with Gasteiger partial charge in [-0.3, -0.25) is 9.59 Å². The second kappa shape index (κ2) is 6.00. The van der Waals surface area contributed by atoms with Crippen LogP contribution in [0.15, 0.2) is 0 Å². The van der Waals surface area contributed by atoms with Crippen LogP contribution >= 0.6 is 0 Å². The zero-order chi connectivity index (χ0) is 12.9. The van der Waals surface area contributed by atoms with Crippen LogP contribution in [0.4, 0.5) is 0 Å². The lowest BCUT2D eigenvalue weighted by atomic mass is 9.87. The van der Waals surface area contributed by atoms with Crippen LogP contribution < -0.4 is 16.4 Å². The largest absolute Gasteiger partial charge is 0.355 e. The van der Waals surface area contributed by atoms with Gasteiger partial charge in [0.05, 0.1) is 5.41 Å². The summed E-state index contributed by atoms with van der Waals surface area (Å²) >= 11 is 0. The van der Waals surface area contributed by atoms with Crippen molar-refractivity contribution in [3.05, 3.63) is 0 Å². The highest BCUT2D eigenvalue weighted by Crippen LogP contribution is 2.19. The first-order chi connectivity index (χ1) is 8.01. The molecule has 0 aromatic carbocycles. The zero-order valence-electron chi connectivity index (χ0n) is 10.7. The standard InChI is InChI=1S/C12H23N3O2/c1-3-12(2,8-13)11(17)14-7-6-10(16)15-9-4-5-9/h9H,3-8,13H2,1-2H3,(H,14,17)(H,15,16). The summed E-state index contributed by atoms with van der Waals surface area (Å²) in [6.45, 7) is 4.48. The molecular formula is C12H23N3O2. The molecule has 1 rings (SSSR count). The van der Waals surface area contributed by atoms with Gasteiger partial charge in [0.25, 0.3) is 0 Å². The summed E-state index contributed by atoms with van der Waals surface area (Å²) in [6, 6.07) is 0.378. The van der Waals surface area contributed by atoms with Gasteiger partial charge in [0.2, 0.25) is 11.8 Å². The predicted octanol–water partition coefficient (Wildman–Crippen LogP) is 0.146. The van der Waals surface area contributed by atoms with Gasteiger partial charge in [-0.05, 0) is 26.2 Å². The molecule has 0 aliphatic heterocycles. The average molecular weight is 241 g/mol. The molecule has 1 unspecified atom stereocenters. The molecule has 1 aliphatic rings. The van der Waals surface area contributed by atoms with E-state index in [2.05, 4.69) is 10.6 Å². The lowest BCUT2D eigenvalue weighted by molar-refractivity contribution is -0.130. The van der Waals surface area contributed by atoms with Crippen molar-refractivity contribution in [2.45, 2.75) is 45.6 Å². The number of nitrogens with two attached hydrogens (primary N) is 1. The van der Waals surface area contributed by atoms with Crippen molar-refractivity contribution in [3.8, 4) is 0 Å². The lowest BCUT2D eigenvalue weighted by Crippen LogP contribution is -2.44. The maximum Gasteiger partial charge on any atom is 0.227 e. The molecule has 2 amide bonds. The van der Waals surface area contributed by atoms with Crippen molar-refractivity contribution >= 4 is 11.8 Å². The first-order valence-corrected chi connectivity index (χ1v) is 6.29. The Kier molecular flexibility index (Phi) is 4.93. The summed E-state index contributed by atoms with van der Waals surface area (Å²) in [4.78, 5) is 23.2. The van der Waals surface area contributed by atoms with Gasteiger partial charge in [-0.15, -0.1) is 0 Å². The Morgan fingerprint density at radius 3 is 2.53 bits per heavy atom. The van der Waals surface area contributed by atoms with Crippen LogP contribution in [0, 0.1) is 5.41 Å². The second-order valence-corrected chi connectivity index (χ2v) is 4.97. The van der Waals surface area contributed by atoms with Gasteiger partial charge in [0.1, 0.15) is 0 Å². The number of hydrogen-bond donors (Lipinski definition) is 3. The first-order valence-electron chi connectivity index (χ1n) is 6.29. The van der Waals surface area contributed by atoms with E-state index in [0.29, 0.717) is 32.0 Å². The summed E-state index contributed by atoms with van der Waals surface area (Å²) in [5.41, 5.74) is 5.06. The Morgan fingerprint density at radius 1 is 1.41 bits per heavy atom. The highest BCUT2D eigenvalue weighted by Gasteiger charge is 2.29. The molecule has 1 atom stereocenters. The van der Waals surface area contributed by atoms with Crippen LogP contribution in [0.1, 0.15) is 39.5 Å². The number of rotatable bonds is 7. The van der Waals surface area contributed by atoms with Crippen molar-refractivity contribution in [1.29, 1.82) is 0 Å². The zero-order valence-corrected chi connectivity index (χ0v) is 10.7. The molecule has 5 heteroatoms. The number of amides is 2. The van der Waals surface area contributed by atoms with E-state index in [-0.39, 0.29) is 11.8 Å². The lowest BCUT2D eigenvalue weighted by Gasteiger charge is -2.24. The smallest absolute Gasteiger partial charge is 0.227 e. The molecule has 0 bridgehead atoms. The fourth-order valence-corrected chi connectivity index (χ4v) is 1.43. The molecule has 98 valence electrons. The summed E-state index contributed by atoms with van der Waals surface area (Å²) in [7, 11) is 0. The van der Waals surface area contributed by atoms with Crippen molar-refractivity contribution in [2.75, 3.05) is 13.1 Å². The fourth-order valence-electron chi connectivity index (χ4n) is 1.43. The predicted molar refractivity (Wildman–Crippen MR) is 66.2 cm³/mol. The van der Waals surface area contributed by atoms with Gasteiger partial charge in [-0.1, -0.05) is 6.92 Å². The normalized spacial score (nSPS) is 18.3. The van der Waals surface area contributed by atoms with Gasteiger partial charge in [-0.2, -0.15) is 0 Å². The SMILES string of the molecule is CCC(C)(CN)C(=O)NCCC(=O)NC1CC1. The Balaban J connectivity index is 2.20. The molecule has 1 aliphatic carbocycles. The third-order valence-corrected chi connectivity index (χ3v) is 3.36. The van der Waals surface area contributed by atoms with E-state index >= 15 is 0 Å². The molecule has 5 nitrogen and oxygen atoms in total. The molecular weight excluding hydrogens is 218 g/mol. The molecule has 0 spiro atoms. The van der Waals surface area contributed by atoms with Gasteiger partial charge < -0.3 is 16.4 Å². The average Bonchev–Trinajstić information content (AvgIpc) is 3.11. The van der Waals surface area contributed by atoms with Gasteiger partial charge in [-0.25, -0.2) is 0 Å². The van der Waals surface area contributed by atoms with Gasteiger partial charge in [0, 0.05) is 25.6 Å². The third-order valence-electron chi connectivity index (χ3n) is 3.36. The minimum atomic E-state index is -0.521. The number of nitrogens with one attached hydrogen (secondary N) is 2. The molecule has 1 saturated carbocycles. The Hall–Kier alpha value is -1.10. The summed E-state index contributed by atoms with van der Waals surface area (Å²) in [5, 5.41) is 5.65. The molecule has 0 aromatic heterocycles. The van der Waals surface area contributed by atoms with Crippen LogP contribution in [0.2, 0.25) is 0 Å². The second-order valence-electron chi connectivity index (χ2n) is 4.97. The molecule has 17 heavy (non-hydrogen) atoms. The summed E-state index contributed by atoms with van der Waals surface area (Å²) < 4.78 is 0. The summed E-state index contributed by atoms with van der Waals surface area (Å²) in [6.07, 6.45) is 3.20. The van der Waals surface area contributed by atoms with Crippen LogP contribution in [-0.2, 0) is 9.59 Å². The highest BCUT2D eigenvalue weighted by molar-refractivity contribution is 5.83. The van der Waals surface area contributed by atoms with E-state index in [4.69, 9.17) is 5.73 Å². The third kappa shape index (κ3) is 4.34. The first kappa shape index (κ1) is 14.0. The maximum absolute atomic E-state index is 11.8. The number of carbonyl (C=O) groups is 2. The molecule has 0 heterocycles. The van der Waals surface area contributed by atoms with Crippen molar-refractivity contribution < 1.29 is 9.59 Å². The van der Waals surface area contributed by atoms with Crippen LogP contribution in [0.25, 0.3) is 0 Å². The van der Waals surface area contributed by atoms with E-state index < -0.39 is 5.41 Å². The van der Waals surface area contributed by atoms with Crippen LogP contribution in [0.3, 0.4) is 0 Å². The molecule has 0 radical (unpaired) electrons. The highest BCUT2D eigenvalue weighted by atomic mass is 16.2. The Labute approximate surface area is 103 Å². The van der Waals surface area contributed by atoms with Crippen LogP contribution in [-0.4, -0.2) is 30.9 Å². The van der Waals surface area contributed by atoms with Crippen molar-refractivity contribution in [2.24, 2.45) is 11.1 Å². The quantitative estimate of drug-likeness (QED) is 0.593. The van der Waals surface area contributed by atoms with Crippen molar-refractivity contribution in [1.82, 2.24) is 10.6 Å². The summed E-state index contributed by atoms with van der Waals surface area (Å²) in [5.74, 6) is -0.0551.